The van der Waals surface area contributed by atoms with Crippen LogP contribution in [0.5, 0.6) is 0 Å². The summed E-state index contributed by atoms with van der Waals surface area (Å²) < 4.78 is 4.89. The summed E-state index contributed by atoms with van der Waals surface area (Å²) >= 11 is 0. The van der Waals surface area contributed by atoms with E-state index in [0.29, 0.717) is 13.2 Å². The molecule has 0 heterocycles. The van der Waals surface area contributed by atoms with E-state index in [1.165, 1.54) is 0 Å². The molecule has 0 fully saturated rings. The molecule has 0 aliphatic carbocycles. The number of aliphatic imine (C=N–C) groups is 1. The smallest absolute Gasteiger partial charge is 0.310 e. The van der Waals surface area contributed by atoms with Crippen molar-refractivity contribution < 1.29 is 9.53 Å². The highest BCUT2D eigenvalue weighted by atomic mass is 16.5. The van der Waals surface area contributed by atoms with E-state index in [1.54, 1.807) is 13.1 Å². The van der Waals surface area contributed by atoms with Crippen molar-refractivity contribution in [1.82, 2.24) is 0 Å². The minimum absolute atomic E-state index is 0.181. The third-order valence-corrected chi connectivity index (χ3v) is 2.11. The second-order valence-electron chi connectivity index (χ2n) is 3.56. The van der Waals surface area contributed by atoms with E-state index in [-0.39, 0.29) is 11.9 Å². The maximum absolute atomic E-state index is 11.3. The minimum atomic E-state index is -0.187. The Kier molecular flexibility index (Phi) is 5.26. The van der Waals surface area contributed by atoms with Crippen molar-refractivity contribution in [2.75, 3.05) is 13.2 Å². The molecule has 1 rings (SSSR count). The molecule has 1 unspecified atom stereocenters. The van der Waals surface area contributed by atoms with Crippen LogP contribution in [0.15, 0.2) is 35.3 Å². The molecule has 1 aromatic rings. The normalized spacial score (nSPS) is 12.6. The number of benzene rings is 1. The molecule has 0 amide bonds. The van der Waals surface area contributed by atoms with E-state index in [1.807, 2.05) is 37.3 Å². The summed E-state index contributed by atoms with van der Waals surface area (Å²) in [4.78, 5) is 15.5. The van der Waals surface area contributed by atoms with Gasteiger partial charge in [-0.1, -0.05) is 37.3 Å². The third-order valence-electron chi connectivity index (χ3n) is 2.11. The van der Waals surface area contributed by atoms with Gasteiger partial charge in [-0.3, -0.25) is 9.79 Å². The van der Waals surface area contributed by atoms with Crippen LogP contribution in [0, 0.1) is 5.92 Å². The average molecular weight is 219 g/mol. The highest BCUT2D eigenvalue weighted by Crippen LogP contribution is 2.00. The van der Waals surface area contributed by atoms with Crippen molar-refractivity contribution in [3.63, 3.8) is 0 Å². The first-order valence-electron chi connectivity index (χ1n) is 5.45. The molecule has 16 heavy (non-hydrogen) atoms. The zero-order valence-corrected chi connectivity index (χ0v) is 9.72. The van der Waals surface area contributed by atoms with Gasteiger partial charge in [0.25, 0.3) is 0 Å². The average Bonchev–Trinajstić information content (AvgIpc) is 2.30. The fraction of sp³-hybridized carbons (Fsp3) is 0.385. The number of esters is 1. The molecule has 0 radical (unpaired) electrons. The Morgan fingerprint density at radius 2 is 2.12 bits per heavy atom. The molecule has 0 spiro atoms. The predicted octanol–water partition coefficient (Wildman–Crippen LogP) is 2.30. The lowest BCUT2D eigenvalue weighted by Gasteiger charge is -2.06. The van der Waals surface area contributed by atoms with Crippen LogP contribution in [0.25, 0.3) is 0 Å². The summed E-state index contributed by atoms with van der Waals surface area (Å²) in [5.74, 6) is -0.368. The first-order chi connectivity index (χ1) is 7.74. The Hall–Kier alpha value is -1.64. The summed E-state index contributed by atoms with van der Waals surface area (Å²) in [6.45, 7) is 4.51. The van der Waals surface area contributed by atoms with Gasteiger partial charge >= 0.3 is 5.97 Å². The monoisotopic (exact) mass is 219 g/mol. The van der Waals surface area contributed by atoms with Crippen LogP contribution in [-0.4, -0.2) is 25.3 Å². The first-order valence-corrected chi connectivity index (χ1v) is 5.45. The summed E-state index contributed by atoms with van der Waals surface area (Å²) in [5, 5.41) is 0. The lowest BCUT2D eigenvalue weighted by Crippen LogP contribution is -2.17. The zero-order chi connectivity index (χ0) is 11.8. The molecule has 3 heteroatoms. The summed E-state index contributed by atoms with van der Waals surface area (Å²) in [5.41, 5.74) is 1.04. The fourth-order valence-corrected chi connectivity index (χ4v) is 1.21. The van der Waals surface area contributed by atoms with E-state index >= 15 is 0 Å². The van der Waals surface area contributed by atoms with Gasteiger partial charge in [0.15, 0.2) is 0 Å². The molecule has 0 bridgehead atoms. The van der Waals surface area contributed by atoms with Crippen molar-refractivity contribution in [3.05, 3.63) is 35.9 Å². The Morgan fingerprint density at radius 3 is 2.75 bits per heavy atom. The van der Waals surface area contributed by atoms with Gasteiger partial charge in [0.05, 0.1) is 19.1 Å². The largest absolute Gasteiger partial charge is 0.466 e. The minimum Gasteiger partial charge on any atom is -0.466 e. The van der Waals surface area contributed by atoms with Gasteiger partial charge in [-0.2, -0.15) is 0 Å². The molecule has 0 aliphatic heterocycles. The molecule has 1 aromatic carbocycles. The van der Waals surface area contributed by atoms with Crippen LogP contribution in [-0.2, 0) is 9.53 Å². The highest BCUT2D eigenvalue weighted by Gasteiger charge is 2.12. The van der Waals surface area contributed by atoms with Gasteiger partial charge in [0, 0.05) is 6.21 Å². The lowest BCUT2D eigenvalue weighted by molar-refractivity contribution is -0.146. The zero-order valence-electron chi connectivity index (χ0n) is 9.72. The molecule has 0 aromatic heterocycles. The molecule has 86 valence electrons. The second kappa shape index (κ2) is 6.77. The summed E-state index contributed by atoms with van der Waals surface area (Å²) in [6, 6.07) is 9.81. The Bertz CT molecular complexity index is 346. The van der Waals surface area contributed by atoms with Crippen molar-refractivity contribution in [2.24, 2.45) is 10.9 Å². The highest BCUT2D eigenvalue weighted by molar-refractivity contribution is 5.80. The number of carbonyl (C=O) groups excluding carboxylic acids is 1. The van der Waals surface area contributed by atoms with Crippen molar-refractivity contribution in [2.45, 2.75) is 13.8 Å². The SMILES string of the molecule is CCOC(=O)C(C)CN=Cc1ccccc1. The van der Waals surface area contributed by atoms with E-state index in [2.05, 4.69) is 4.99 Å². The van der Waals surface area contributed by atoms with Crippen LogP contribution in [0.4, 0.5) is 0 Å². The number of carbonyl (C=O) groups is 1. The van der Waals surface area contributed by atoms with E-state index in [9.17, 15) is 4.79 Å². The quantitative estimate of drug-likeness (QED) is 0.563. The molecule has 3 nitrogen and oxygen atoms in total. The van der Waals surface area contributed by atoms with Crippen molar-refractivity contribution in [1.29, 1.82) is 0 Å². The van der Waals surface area contributed by atoms with Crippen LogP contribution < -0.4 is 0 Å². The fourth-order valence-electron chi connectivity index (χ4n) is 1.21. The lowest BCUT2D eigenvalue weighted by atomic mass is 10.2. The van der Waals surface area contributed by atoms with Crippen LogP contribution in [0.2, 0.25) is 0 Å². The van der Waals surface area contributed by atoms with Gasteiger partial charge < -0.3 is 4.74 Å². The molecule has 0 N–H and O–H groups in total. The number of hydrogen-bond donors (Lipinski definition) is 0. The topological polar surface area (TPSA) is 38.7 Å². The second-order valence-corrected chi connectivity index (χ2v) is 3.56. The molecule has 1 atom stereocenters. The molecule has 0 saturated heterocycles. The van der Waals surface area contributed by atoms with Crippen molar-refractivity contribution >= 4 is 12.2 Å². The van der Waals surface area contributed by atoms with Crippen molar-refractivity contribution in [3.8, 4) is 0 Å². The molecular weight excluding hydrogens is 202 g/mol. The summed E-state index contributed by atoms with van der Waals surface area (Å²) in [6.07, 6.45) is 1.77. The Morgan fingerprint density at radius 1 is 1.44 bits per heavy atom. The Labute approximate surface area is 96.2 Å². The number of rotatable bonds is 5. The van der Waals surface area contributed by atoms with Gasteiger partial charge in [0.1, 0.15) is 0 Å². The number of hydrogen-bond acceptors (Lipinski definition) is 3. The molecular formula is C13H17NO2. The standard InChI is InChI=1S/C13H17NO2/c1-3-16-13(15)11(2)9-14-10-12-7-5-4-6-8-12/h4-8,10-11H,3,9H2,1-2H3. The number of nitrogens with zero attached hydrogens (tertiary/aromatic N) is 1. The van der Waals surface area contributed by atoms with E-state index in [4.69, 9.17) is 4.74 Å². The van der Waals surface area contributed by atoms with Gasteiger partial charge in [0.2, 0.25) is 0 Å². The number of ether oxygens (including phenoxy) is 1. The molecule has 0 saturated carbocycles. The van der Waals surface area contributed by atoms with E-state index in [0.717, 1.165) is 5.56 Å². The van der Waals surface area contributed by atoms with Gasteiger partial charge in [-0.05, 0) is 12.5 Å². The van der Waals surface area contributed by atoms with Crippen LogP contribution in [0.3, 0.4) is 0 Å². The van der Waals surface area contributed by atoms with Crippen LogP contribution >= 0.6 is 0 Å². The van der Waals surface area contributed by atoms with Gasteiger partial charge in [-0.15, -0.1) is 0 Å². The van der Waals surface area contributed by atoms with Crippen LogP contribution in [0.1, 0.15) is 19.4 Å². The first kappa shape index (κ1) is 12.4. The third kappa shape index (κ3) is 4.26. The maximum atomic E-state index is 11.3. The summed E-state index contributed by atoms with van der Waals surface area (Å²) in [7, 11) is 0. The van der Waals surface area contributed by atoms with Gasteiger partial charge in [-0.25, -0.2) is 0 Å². The van der Waals surface area contributed by atoms with E-state index < -0.39 is 0 Å². The predicted molar refractivity (Wildman–Crippen MR) is 64.7 cm³/mol. The Balaban J connectivity index is 2.40. The maximum Gasteiger partial charge on any atom is 0.310 e. The molecule has 0 aliphatic rings.